The number of pyridine rings is 1. The fraction of sp³-hybridized carbons (Fsp3) is 0.316. The van der Waals surface area contributed by atoms with Gasteiger partial charge in [-0.2, -0.15) is 13.2 Å². The molecule has 1 saturated heterocycles. The van der Waals surface area contributed by atoms with E-state index in [1.807, 2.05) is 0 Å². The van der Waals surface area contributed by atoms with Crippen molar-refractivity contribution in [2.45, 2.75) is 25.1 Å². The standard InChI is InChI=1S/C19H18F3N3O3/c20-19(21,22)13-4-6-14(7-5-13)28-15-8-11-25(12-9-15)18(27)24-17(26)16-3-1-2-10-23-16/h1-7,10,15H,8-9,11-12H2,(H,24,26,27). The molecule has 0 aliphatic carbocycles. The summed E-state index contributed by atoms with van der Waals surface area (Å²) in [6.07, 6.45) is -2.13. The lowest BCUT2D eigenvalue weighted by Crippen LogP contribution is -2.48. The van der Waals surface area contributed by atoms with E-state index in [1.165, 1.54) is 29.3 Å². The quantitative estimate of drug-likeness (QED) is 0.867. The molecule has 2 aromatic rings. The van der Waals surface area contributed by atoms with Crippen molar-refractivity contribution >= 4 is 11.9 Å². The molecule has 0 radical (unpaired) electrons. The normalized spacial score (nSPS) is 15.2. The lowest BCUT2D eigenvalue weighted by atomic mass is 10.1. The van der Waals surface area contributed by atoms with Crippen LogP contribution in [-0.4, -0.2) is 41.0 Å². The average Bonchev–Trinajstić information content (AvgIpc) is 2.69. The third-order valence-electron chi connectivity index (χ3n) is 4.33. The Kier molecular flexibility index (Phi) is 5.81. The lowest BCUT2D eigenvalue weighted by Gasteiger charge is -2.32. The lowest BCUT2D eigenvalue weighted by molar-refractivity contribution is -0.137. The van der Waals surface area contributed by atoms with Gasteiger partial charge in [-0.3, -0.25) is 15.1 Å². The molecule has 28 heavy (non-hydrogen) atoms. The number of halogens is 3. The molecule has 3 rings (SSSR count). The van der Waals surface area contributed by atoms with Crippen LogP contribution in [0.2, 0.25) is 0 Å². The van der Waals surface area contributed by atoms with E-state index in [4.69, 9.17) is 4.74 Å². The third-order valence-corrected chi connectivity index (χ3v) is 4.33. The predicted molar refractivity (Wildman–Crippen MR) is 93.8 cm³/mol. The maximum absolute atomic E-state index is 12.6. The number of alkyl halides is 3. The van der Waals surface area contributed by atoms with Crippen LogP contribution >= 0.6 is 0 Å². The van der Waals surface area contributed by atoms with Gasteiger partial charge < -0.3 is 9.64 Å². The van der Waals surface area contributed by atoms with Gasteiger partial charge in [0.25, 0.3) is 5.91 Å². The summed E-state index contributed by atoms with van der Waals surface area (Å²) in [4.78, 5) is 29.5. The second-order valence-electron chi connectivity index (χ2n) is 6.30. The van der Waals surface area contributed by atoms with Crippen molar-refractivity contribution in [3.63, 3.8) is 0 Å². The van der Waals surface area contributed by atoms with E-state index < -0.39 is 23.7 Å². The highest BCUT2D eigenvalue weighted by Crippen LogP contribution is 2.30. The Bertz CT molecular complexity index is 818. The number of imide groups is 1. The first-order valence-corrected chi connectivity index (χ1v) is 8.68. The number of aromatic nitrogens is 1. The number of piperidine rings is 1. The number of likely N-dealkylation sites (tertiary alicyclic amines) is 1. The highest BCUT2D eigenvalue weighted by molar-refractivity contribution is 6.03. The average molecular weight is 393 g/mol. The molecule has 1 N–H and O–H groups in total. The summed E-state index contributed by atoms with van der Waals surface area (Å²) in [7, 11) is 0. The predicted octanol–water partition coefficient (Wildman–Crippen LogP) is 3.49. The van der Waals surface area contributed by atoms with Gasteiger partial charge >= 0.3 is 12.2 Å². The molecular formula is C19H18F3N3O3. The summed E-state index contributed by atoms with van der Waals surface area (Å²) in [5.41, 5.74) is -0.583. The summed E-state index contributed by atoms with van der Waals surface area (Å²) in [5.74, 6) is -0.227. The van der Waals surface area contributed by atoms with Crippen molar-refractivity contribution in [1.29, 1.82) is 0 Å². The Morgan fingerprint density at radius 3 is 2.32 bits per heavy atom. The zero-order valence-electron chi connectivity index (χ0n) is 14.8. The number of nitrogens with one attached hydrogen (secondary N) is 1. The van der Waals surface area contributed by atoms with Gasteiger partial charge in [-0.1, -0.05) is 6.07 Å². The second-order valence-corrected chi connectivity index (χ2v) is 6.30. The van der Waals surface area contributed by atoms with E-state index in [9.17, 15) is 22.8 Å². The monoisotopic (exact) mass is 393 g/mol. The second kappa shape index (κ2) is 8.28. The van der Waals surface area contributed by atoms with Gasteiger partial charge in [0.15, 0.2) is 0 Å². The Morgan fingerprint density at radius 2 is 1.75 bits per heavy atom. The molecule has 1 aliphatic rings. The van der Waals surface area contributed by atoms with E-state index in [2.05, 4.69) is 10.3 Å². The molecule has 0 spiro atoms. The summed E-state index contributed by atoms with van der Waals surface area (Å²) >= 11 is 0. The Hall–Kier alpha value is -3.10. The molecule has 0 unspecified atom stereocenters. The van der Waals surface area contributed by atoms with E-state index >= 15 is 0 Å². The SMILES string of the molecule is O=C(NC(=O)N1CCC(Oc2ccc(C(F)(F)F)cc2)CC1)c1ccccn1. The molecule has 1 aromatic heterocycles. The highest BCUT2D eigenvalue weighted by atomic mass is 19.4. The van der Waals surface area contributed by atoms with Crippen LogP contribution in [0.5, 0.6) is 5.75 Å². The summed E-state index contributed by atoms with van der Waals surface area (Å²) in [6.45, 7) is 0.735. The minimum atomic E-state index is -4.38. The van der Waals surface area contributed by atoms with E-state index in [-0.39, 0.29) is 11.8 Å². The molecule has 148 valence electrons. The largest absolute Gasteiger partial charge is 0.490 e. The Morgan fingerprint density at radius 1 is 1.07 bits per heavy atom. The van der Waals surface area contributed by atoms with E-state index in [0.29, 0.717) is 31.7 Å². The van der Waals surface area contributed by atoms with Crippen LogP contribution in [0.3, 0.4) is 0 Å². The zero-order valence-corrected chi connectivity index (χ0v) is 14.8. The highest BCUT2D eigenvalue weighted by Gasteiger charge is 2.30. The fourth-order valence-corrected chi connectivity index (χ4v) is 2.83. The van der Waals surface area contributed by atoms with Crippen molar-refractivity contribution in [2.75, 3.05) is 13.1 Å². The number of hydrogen-bond donors (Lipinski definition) is 1. The van der Waals surface area contributed by atoms with Gasteiger partial charge in [-0.15, -0.1) is 0 Å². The van der Waals surface area contributed by atoms with Crippen LogP contribution in [0, 0.1) is 0 Å². The number of amides is 3. The molecule has 1 aliphatic heterocycles. The smallest absolute Gasteiger partial charge is 0.416 e. The molecule has 2 heterocycles. The number of urea groups is 1. The van der Waals surface area contributed by atoms with Crippen molar-refractivity contribution in [3.05, 3.63) is 59.9 Å². The van der Waals surface area contributed by atoms with Crippen LogP contribution < -0.4 is 10.1 Å². The Labute approximate surface area is 159 Å². The molecule has 1 aromatic carbocycles. The maximum atomic E-state index is 12.6. The van der Waals surface area contributed by atoms with Crippen LogP contribution in [-0.2, 0) is 6.18 Å². The summed E-state index contributed by atoms with van der Waals surface area (Å²) < 4.78 is 43.4. The molecule has 9 heteroatoms. The third kappa shape index (κ3) is 4.99. The van der Waals surface area contributed by atoms with Gasteiger partial charge in [0.05, 0.1) is 5.56 Å². The van der Waals surface area contributed by atoms with Crippen LogP contribution in [0.1, 0.15) is 28.9 Å². The number of carbonyl (C=O) groups is 2. The first kappa shape index (κ1) is 19.7. The van der Waals surface area contributed by atoms with Crippen LogP contribution in [0.25, 0.3) is 0 Å². The first-order chi connectivity index (χ1) is 13.3. The number of rotatable bonds is 3. The van der Waals surface area contributed by atoms with Gasteiger partial charge in [0, 0.05) is 32.1 Å². The van der Waals surface area contributed by atoms with Gasteiger partial charge in [0.2, 0.25) is 0 Å². The number of carbonyl (C=O) groups excluding carboxylic acids is 2. The number of benzene rings is 1. The molecule has 0 saturated carbocycles. The molecule has 0 bridgehead atoms. The Balaban J connectivity index is 1.47. The number of ether oxygens (including phenoxy) is 1. The summed E-state index contributed by atoms with van der Waals surface area (Å²) in [5, 5.41) is 2.29. The topological polar surface area (TPSA) is 71.5 Å². The maximum Gasteiger partial charge on any atom is 0.416 e. The first-order valence-electron chi connectivity index (χ1n) is 8.68. The van der Waals surface area contributed by atoms with Crippen LogP contribution in [0.4, 0.5) is 18.0 Å². The van der Waals surface area contributed by atoms with Gasteiger partial charge in [0.1, 0.15) is 17.5 Å². The molecule has 6 nitrogen and oxygen atoms in total. The molecule has 1 fully saturated rings. The van der Waals surface area contributed by atoms with Crippen molar-refractivity contribution in [2.24, 2.45) is 0 Å². The summed E-state index contributed by atoms with van der Waals surface area (Å²) in [6, 6.07) is 8.83. The minimum absolute atomic E-state index is 0.149. The zero-order chi connectivity index (χ0) is 20.1. The van der Waals surface area contributed by atoms with Crippen molar-refractivity contribution in [1.82, 2.24) is 15.2 Å². The van der Waals surface area contributed by atoms with Gasteiger partial charge in [-0.25, -0.2) is 4.79 Å². The van der Waals surface area contributed by atoms with Crippen molar-refractivity contribution < 1.29 is 27.5 Å². The van der Waals surface area contributed by atoms with Crippen LogP contribution in [0.15, 0.2) is 48.7 Å². The number of nitrogens with zero attached hydrogens (tertiary/aromatic N) is 2. The molecule has 3 amide bonds. The minimum Gasteiger partial charge on any atom is -0.490 e. The molecule has 0 atom stereocenters. The van der Waals surface area contributed by atoms with E-state index in [1.54, 1.807) is 12.1 Å². The van der Waals surface area contributed by atoms with Gasteiger partial charge in [-0.05, 0) is 36.4 Å². The fourth-order valence-electron chi connectivity index (χ4n) is 2.83. The van der Waals surface area contributed by atoms with Crippen molar-refractivity contribution in [3.8, 4) is 5.75 Å². The number of hydrogen-bond acceptors (Lipinski definition) is 4. The molecular weight excluding hydrogens is 375 g/mol. The van der Waals surface area contributed by atoms with E-state index in [0.717, 1.165) is 12.1 Å².